The summed E-state index contributed by atoms with van der Waals surface area (Å²) in [6, 6.07) is -0.227. The van der Waals surface area contributed by atoms with Crippen molar-refractivity contribution in [1.82, 2.24) is 4.90 Å². The number of aliphatic carboxylic acids is 1. The van der Waals surface area contributed by atoms with Crippen LogP contribution in [0.15, 0.2) is 10.6 Å². The van der Waals surface area contributed by atoms with Crippen molar-refractivity contribution in [3.8, 4) is 0 Å². The first-order chi connectivity index (χ1) is 10.9. The fourth-order valence-electron chi connectivity index (χ4n) is 3.09. The van der Waals surface area contributed by atoms with E-state index in [0.717, 1.165) is 23.7 Å². The minimum atomic E-state index is -1.30. The number of rotatable bonds is 9. The van der Waals surface area contributed by atoms with Gasteiger partial charge in [-0.1, -0.05) is 0 Å². The lowest BCUT2D eigenvalue weighted by Gasteiger charge is -2.45. The quantitative estimate of drug-likeness (QED) is 0.399. The third-order valence-electron chi connectivity index (χ3n) is 4.29. The summed E-state index contributed by atoms with van der Waals surface area (Å²) in [6.07, 6.45) is 2.96. The van der Waals surface area contributed by atoms with Crippen molar-refractivity contribution in [1.29, 1.82) is 0 Å². The molecule has 2 rings (SSSR count). The van der Waals surface area contributed by atoms with Crippen molar-refractivity contribution in [2.45, 2.75) is 31.9 Å². The van der Waals surface area contributed by atoms with Gasteiger partial charge in [0.05, 0.1) is 36.0 Å². The van der Waals surface area contributed by atoms with E-state index in [-0.39, 0.29) is 28.5 Å². The minimum Gasteiger partial charge on any atom is -0.543 e. The molecule has 2 heterocycles. The van der Waals surface area contributed by atoms with Gasteiger partial charge < -0.3 is 25.6 Å². The Morgan fingerprint density at radius 3 is 2.83 bits per heavy atom. The smallest absolute Gasteiger partial charge is 0.235 e. The number of nitrogens with zero attached hydrogens (tertiary/aromatic N) is 1. The van der Waals surface area contributed by atoms with Crippen LogP contribution in [0.4, 0.5) is 0 Å². The molecule has 23 heavy (non-hydrogen) atoms. The largest absolute Gasteiger partial charge is 0.543 e. The van der Waals surface area contributed by atoms with Crippen molar-refractivity contribution >= 4 is 34.5 Å². The molecule has 0 aromatic carbocycles. The molecule has 1 saturated heterocycles. The number of aliphatic hydroxyl groups is 1. The van der Waals surface area contributed by atoms with Gasteiger partial charge in [-0.05, 0) is 24.4 Å². The second kappa shape index (κ2) is 7.92. The lowest BCUT2D eigenvalue weighted by atomic mass is 9.83. The Kier molecular flexibility index (Phi) is 6.41. The van der Waals surface area contributed by atoms with E-state index < -0.39 is 18.0 Å². The number of carbonyl (C=O) groups excluding carboxylic acids is 2. The van der Waals surface area contributed by atoms with Gasteiger partial charge in [0.25, 0.3) is 0 Å². The van der Waals surface area contributed by atoms with E-state index in [2.05, 4.69) is 6.26 Å². The Morgan fingerprint density at radius 1 is 1.57 bits per heavy atom. The van der Waals surface area contributed by atoms with Crippen LogP contribution in [-0.4, -0.2) is 64.1 Å². The summed E-state index contributed by atoms with van der Waals surface area (Å²) in [7, 11) is 0.278. The number of carboxylic acids is 1. The van der Waals surface area contributed by atoms with Gasteiger partial charge in [-0.15, -0.1) is 11.8 Å². The van der Waals surface area contributed by atoms with Crippen LogP contribution in [0.1, 0.15) is 19.8 Å². The number of carbonyl (C=O) groups is 2. The number of hydrogen-bond donors (Lipinski definition) is 2. The zero-order chi connectivity index (χ0) is 17.1. The summed E-state index contributed by atoms with van der Waals surface area (Å²) >= 11 is 1.50. The zero-order valence-corrected chi connectivity index (χ0v) is 15.1. The lowest BCUT2D eigenvalue weighted by Crippen LogP contribution is -2.62. The van der Waals surface area contributed by atoms with E-state index >= 15 is 0 Å². The second-order valence-corrected chi connectivity index (χ2v) is 9.55. The molecule has 3 unspecified atom stereocenters. The highest BCUT2D eigenvalue weighted by Crippen LogP contribution is 2.46. The summed E-state index contributed by atoms with van der Waals surface area (Å²) in [5.41, 5.74) is 5.52. The Bertz CT molecular complexity index is 510. The van der Waals surface area contributed by atoms with Gasteiger partial charge in [0.1, 0.15) is 11.5 Å². The molecular formula is C15H24N2O4S2. The number of thioether (sulfide) groups is 1. The lowest BCUT2D eigenvalue weighted by molar-refractivity contribution is -0.301. The first kappa shape index (κ1) is 18.6. The van der Waals surface area contributed by atoms with Crippen molar-refractivity contribution in [3.05, 3.63) is 10.6 Å². The van der Waals surface area contributed by atoms with Crippen molar-refractivity contribution in [2.75, 3.05) is 30.1 Å². The number of amides is 1. The van der Waals surface area contributed by atoms with E-state index in [1.807, 2.05) is 0 Å². The molecule has 0 aliphatic carbocycles. The maximum absolute atomic E-state index is 12.1. The third kappa shape index (κ3) is 3.87. The average Bonchev–Trinajstić information content (AvgIpc) is 2.79. The summed E-state index contributed by atoms with van der Waals surface area (Å²) in [5, 5.41) is 21.1. The van der Waals surface area contributed by atoms with Crippen LogP contribution in [0.5, 0.6) is 0 Å². The van der Waals surface area contributed by atoms with Gasteiger partial charge in [-0.2, -0.15) is 0 Å². The fraction of sp³-hybridized carbons (Fsp3) is 0.733. The SMILES string of the molecule is C[C@@H](O)C1C(=O)N2C(C(=O)[O-])=C(SCC[S+](C)CCCN)CC12. The van der Waals surface area contributed by atoms with Crippen LogP contribution in [0, 0.1) is 5.92 Å². The van der Waals surface area contributed by atoms with Crippen LogP contribution < -0.4 is 10.8 Å². The van der Waals surface area contributed by atoms with Crippen LogP contribution >= 0.6 is 11.8 Å². The van der Waals surface area contributed by atoms with Crippen molar-refractivity contribution < 1.29 is 19.8 Å². The summed E-state index contributed by atoms with van der Waals surface area (Å²) in [6.45, 7) is 2.27. The highest BCUT2D eigenvalue weighted by atomic mass is 32.2. The summed E-state index contributed by atoms with van der Waals surface area (Å²) < 4.78 is 0. The number of β-lactam (4-membered cyclic amide) rings is 1. The molecule has 130 valence electrons. The monoisotopic (exact) mass is 360 g/mol. The van der Waals surface area contributed by atoms with Gasteiger partial charge in [0.15, 0.2) is 0 Å². The summed E-state index contributed by atoms with van der Waals surface area (Å²) in [5.74, 6) is 0.829. The molecule has 1 fully saturated rings. The topological polar surface area (TPSA) is 107 Å². The van der Waals surface area contributed by atoms with Gasteiger partial charge >= 0.3 is 0 Å². The first-order valence-corrected chi connectivity index (χ1v) is 10.7. The molecule has 1 amide bonds. The van der Waals surface area contributed by atoms with E-state index in [1.54, 1.807) is 6.92 Å². The van der Waals surface area contributed by atoms with Gasteiger partial charge in [-0.25, -0.2) is 0 Å². The summed E-state index contributed by atoms with van der Waals surface area (Å²) in [4.78, 5) is 25.5. The molecule has 2 aliphatic rings. The predicted molar refractivity (Wildman–Crippen MR) is 91.6 cm³/mol. The number of fused-ring (bicyclic) bond motifs is 1. The molecule has 0 bridgehead atoms. The molecule has 8 heteroatoms. The molecule has 2 aliphatic heterocycles. The van der Waals surface area contributed by atoms with E-state index in [0.29, 0.717) is 17.9 Å². The van der Waals surface area contributed by atoms with Gasteiger partial charge in [-0.3, -0.25) is 4.79 Å². The molecule has 6 nitrogen and oxygen atoms in total. The molecule has 0 aromatic rings. The Hall–Kier alpha value is -0.700. The Labute approximate surface area is 143 Å². The average molecular weight is 361 g/mol. The maximum Gasteiger partial charge on any atom is 0.235 e. The van der Waals surface area contributed by atoms with Crippen LogP contribution in [0.3, 0.4) is 0 Å². The molecular weight excluding hydrogens is 336 g/mol. The standard InChI is InChI=1S/C15H24N2O4S2/c1-9(18)12-10-8-11(13(15(20)21)17(10)14(12)19)22-5-7-23(2)6-3-4-16/h9-10,12,18H,3-8,16H2,1-2H3/t9-,10?,12?,23?/m1/s1. The predicted octanol–water partition coefficient (Wildman–Crippen LogP) is -1.11. The second-order valence-electron chi connectivity index (χ2n) is 5.99. The first-order valence-electron chi connectivity index (χ1n) is 7.76. The van der Waals surface area contributed by atoms with E-state index in [1.165, 1.54) is 16.7 Å². The van der Waals surface area contributed by atoms with Crippen LogP contribution in [0.2, 0.25) is 0 Å². The van der Waals surface area contributed by atoms with E-state index in [9.17, 15) is 19.8 Å². The number of carboxylic acid groups (broad SMARTS) is 1. The fourth-order valence-corrected chi connectivity index (χ4v) is 6.28. The molecule has 0 radical (unpaired) electrons. The third-order valence-corrected chi connectivity index (χ3v) is 7.55. The zero-order valence-electron chi connectivity index (χ0n) is 13.5. The minimum absolute atomic E-state index is 0.0137. The number of aliphatic hydroxyl groups excluding tert-OH is 1. The number of nitrogens with two attached hydrogens (primary N) is 1. The normalized spacial score (nSPS) is 26.1. The Morgan fingerprint density at radius 2 is 2.26 bits per heavy atom. The molecule has 0 saturated carbocycles. The maximum atomic E-state index is 12.1. The molecule has 0 aromatic heterocycles. The van der Waals surface area contributed by atoms with E-state index in [4.69, 9.17) is 5.73 Å². The Balaban J connectivity index is 1.95. The molecule has 0 spiro atoms. The molecule has 4 atom stereocenters. The van der Waals surface area contributed by atoms with Gasteiger partial charge in [0.2, 0.25) is 5.91 Å². The van der Waals surface area contributed by atoms with Gasteiger partial charge in [0, 0.05) is 23.5 Å². The number of hydrogen-bond acceptors (Lipinski definition) is 6. The van der Waals surface area contributed by atoms with Crippen LogP contribution in [0.25, 0.3) is 0 Å². The van der Waals surface area contributed by atoms with Crippen molar-refractivity contribution in [3.63, 3.8) is 0 Å². The highest BCUT2D eigenvalue weighted by molar-refractivity contribution is 8.04. The highest BCUT2D eigenvalue weighted by Gasteiger charge is 2.55. The van der Waals surface area contributed by atoms with Crippen LogP contribution in [-0.2, 0) is 20.5 Å². The molecule has 3 N–H and O–H groups in total. The van der Waals surface area contributed by atoms with Crippen molar-refractivity contribution in [2.24, 2.45) is 11.7 Å².